The molecule has 0 saturated carbocycles. The normalized spacial score (nSPS) is 22.1. The molecule has 1 atom stereocenters. The second-order valence-corrected chi connectivity index (χ2v) is 7.63. The predicted octanol–water partition coefficient (Wildman–Crippen LogP) is 1.89. The SMILES string of the molecule is CC1CN(S(=O)(=O)Cc2cccc(CCl)c2)CCN1C. The fraction of sp³-hybridized carbons (Fsp3) is 0.571. The molecular weight excluding hydrogens is 296 g/mol. The molecule has 0 N–H and O–H groups in total. The highest BCUT2D eigenvalue weighted by Gasteiger charge is 2.29. The Kier molecular flexibility index (Phi) is 5.07. The number of hydrogen-bond acceptors (Lipinski definition) is 3. The summed E-state index contributed by atoms with van der Waals surface area (Å²) in [6.45, 7) is 3.96. The van der Waals surface area contributed by atoms with Gasteiger partial charge in [-0.2, -0.15) is 4.31 Å². The largest absolute Gasteiger partial charge is 0.301 e. The number of benzene rings is 1. The van der Waals surface area contributed by atoms with Crippen LogP contribution in [0.25, 0.3) is 0 Å². The number of alkyl halides is 1. The Balaban J connectivity index is 2.10. The fourth-order valence-electron chi connectivity index (χ4n) is 2.37. The van der Waals surface area contributed by atoms with E-state index in [1.54, 1.807) is 4.31 Å². The van der Waals surface area contributed by atoms with Gasteiger partial charge in [-0.15, -0.1) is 11.6 Å². The number of likely N-dealkylation sites (N-methyl/N-ethyl adjacent to an activating group) is 1. The molecule has 112 valence electrons. The van der Waals surface area contributed by atoms with Crippen molar-refractivity contribution in [2.24, 2.45) is 0 Å². The summed E-state index contributed by atoms with van der Waals surface area (Å²) in [5.74, 6) is 0.452. The summed E-state index contributed by atoms with van der Waals surface area (Å²) in [4.78, 5) is 2.18. The van der Waals surface area contributed by atoms with Crippen LogP contribution in [0, 0.1) is 0 Å². The molecule has 1 heterocycles. The second kappa shape index (κ2) is 6.43. The number of hydrogen-bond donors (Lipinski definition) is 0. The average Bonchev–Trinajstić information content (AvgIpc) is 2.41. The van der Waals surface area contributed by atoms with Crippen molar-refractivity contribution in [2.45, 2.75) is 24.6 Å². The van der Waals surface area contributed by atoms with Crippen molar-refractivity contribution >= 4 is 21.6 Å². The monoisotopic (exact) mass is 316 g/mol. The lowest BCUT2D eigenvalue weighted by molar-refractivity contribution is 0.159. The summed E-state index contributed by atoms with van der Waals surface area (Å²) in [6, 6.07) is 7.72. The minimum absolute atomic E-state index is 0.0498. The fourth-order valence-corrected chi connectivity index (χ4v) is 4.12. The first-order chi connectivity index (χ1) is 9.42. The standard InChI is InChI=1S/C14H21ClN2O2S/c1-12-10-17(7-6-16(12)2)20(18,19)11-14-5-3-4-13(8-14)9-15/h3-5,8,12H,6-7,9-11H2,1-2H3. The number of rotatable bonds is 4. The summed E-state index contributed by atoms with van der Waals surface area (Å²) in [5.41, 5.74) is 1.75. The first-order valence-corrected chi connectivity index (χ1v) is 8.88. The van der Waals surface area contributed by atoms with Crippen LogP contribution in [0.4, 0.5) is 0 Å². The summed E-state index contributed by atoms with van der Waals surface area (Å²) < 4.78 is 26.6. The molecule has 20 heavy (non-hydrogen) atoms. The molecule has 1 aromatic carbocycles. The zero-order valence-corrected chi connectivity index (χ0v) is 13.5. The van der Waals surface area contributed by atoms with E-state index in [9.17, 15) is 8.42 Å². The highest BCUT2D eigenvalue weighted by atomic mass is 35.5. The molecule has 1 fully saturated rings. The summed E-state index contributed by atoms with van der Waals surface area (Å²) in [5, 5.41) is 0. The maximum Gasteiger partial charge on any atom is 0.218 e. The number of nitrogens with zero attached hydrogens (tertiary/aromatic N) is 2. The van der Waals surface area contributed by atoms with Crippen LogP contribution in [0.15, 0.2) is 24.3 Å². The topological polar surface area (TPSA) is 40.6 Å². The van der Waals surface area contributed by atoms with Crippen LogP contribution in [0.3, 0.4) is 0 Å². The first-order valence-electron chi connectivity index (χ1n) is 6.74. The summed E-state index contributed by atoms with van der Waals surface area (Å²) >= 11 is 5.79. The third-order valence-electron chi connectivity index (χ3n) is 3.81. The number of sulfonamides is 1. The van der Waals surface area contributed by atoms with Gasteiger partial charge in [-0.25, -0.2) is 8.42 Å². The van der Waals surface area contributed by atoms with Crippen molar-refractivity contribution in [1.82, 2.24) is 9.21 Å². The van der Waals surface area contributed by atoms with Crippen LogP contribution in [0.2, 0.25) is 0 Å². The van der Waals surface area contributed by atoms with Gasteiger partial charge in [0.15, 0.2) is 0 Å². The molecule has 0 aliphatic carbocycles. The summed E-state index contributed by atoms with van der Waals surface area (Å²) in [6.07, 6.45) is 0. The molecule has 4 nitrogen and oxygen atoms in total. The molecule has 0 radical (unpaired) electrons. The van der Waals surface area contributed by atoms with Crippen molar-refractivity contribution in [3.63, 3.8) is 0 Å². The lowest BCUT2D eigenvalue weighted by atomic mass is 10.2. The van der Waals surface area contributed by atoms with Gasteiger partial charge in [0.25, 0.3) is 0 Å². The molecule has 2 rings (SSSR count). The highest BCUT2D eigenvalue weighted by molar-refractivity contribution is 7.88. The van der Waals surface area contributed by atoms with Gasteiger partial charge in [-0.1, -0.05) is 24.3 Å². The van der Waals surface area contributed by atoms with Gasteiger partial charge in [-0.3, -0.25) is 0 Å². The molecule has 6 heteroatoms. The van der Waals surface area contributed by atoms with Gasteiger partial charge in [-0.05, 0) is 25.1 Å². The molecule has 0 spiro atoms. The van der Waals surface area contributed by atoms with Crippen molar-refractivity contribution in [1.29, 1.82) is 0 Å². The van der Waals surface area contributed by atoms with E-state index in [0.717, 1.165) is 17.7 Å². The van der Waals surface area contributed by atoms with Gasteiger partial charge < -0.3 is 4.90 Å². The molecule has 0 amide bonds. The third kappa shape index (κ3) is 3.73. The Bertz CT molecular complexity index is 562. The Morgan fingerprint density at radius 1 is 1.30 bits per heavy atom. The van der Waals surface area contributed by atoms with Gasteiger partial charge >= 0.3 is 0 Å². The minimum Gasteiger partial charge on any atom is -0.301 e. The van der Waals surface area contributed by atoms with Crippen LogP contribution in [0.1, 0.15) is 18.1 Å². The lowest BCUT2D eigenvalue weighted by Crippen LogP contribution is -2.52. The Morgan fingerprint density at radius 2 is 2.00 bits per heavy atom. The van der Waals surface area contributed by atoms with E-state index >= 15 is 0 Å². The van der Waals surface area contributed by atoms with Gasteiger partial charge in [0, 0.05) is 31.6 Å². The lowest BCUT2D eigenvalue weighted by Gasteiger charge is -2.36. The van der Waals surface area contributed by atoms with Crippen LogP contribution >= 0.6 is 11.6 Å². The third-order valence-corrected chi connectivity index (χ3v) is 5.94. The molecule has 1 aliphatic heterocycles. The second-order valence-electron chi connectivity index (χ2n) is 5.40. The van der Waals surface area contributed by atoms with Crippen molar-refractivity contribution in [3.05, 3.63) is 35.4 Å². The van der Waals surface area contributed by atoms with Gasteiger partial charge in [0.05, 0.1) is 5.75 Å². The molecular formula is C14H21ClN2O2S. The Hall–Kier alpha value is -0.620. The van der Waals surface area contributed by atoms with Crippen molar-refractivity contribution in [2.75, 3.05) is 26.7 Å². The smallest absolute Gasteiger partial charge is 0.218 e. The van der Waals surface area contributed by atoms with Gasteiger partial charge in [0.1, 0.15) is 0 Å². The van der Waals surface area contributed by atoms with E-state index < -0.39 is 10.0 Å². The Morgan fingerprint density at radius 3 is 2.65 bits per heavy atom. The maximum atomic E-state index is 12.5. The number of halogens is 1. The van der Waals surface area contributed by atoms with E-state index in [0.29, 0.717) is 19.0 Å². The predicted molar refractivity (Wildman–Crippen MR) is 82.3 cm³/mol. The van der Waals surface area contributed by atoms with Crippen LogP contribution in [0.5, 0.6) is 0 Å². The maximum absolute atomic E-state index is 12.5. The van der Waals surface area contributed by atoms with E-state index in [-0.39, 0.29) is 11.8 Å². The van der Waals surface area contributed by atoms with Crippen molar-refractivity contribution in [3.8, 4) is 0 Å². The van der Waals surface area contributed by atoms with E-state index in [1.165, 1.54) is 0 Å². The summed E-state index contributed by atoms with van der Waals surface area (Å²) in [7, 11) is -1.23. The quantitative estimate of drug-likeness (QED) is 0.797. The van der Waals surface area contributed by atoms with Crippen LogP contribution in [-0.4, -0.2) is 50.3 Å². The van der Waals surface area contributed by atoms with Crippen LogP contribution in [-0.2, 0) is 21.7 Å². The highest BCUT2D eigenvalue weighted by Crippen LogP contribution is 2.17. The number of piperazine rings is 1. The zero-order valence-electron chi connectivity index (χ0n) is 11.9. The molecule has 1 aliphatic rings. The average molecular weight is 317 g/mol. The van der Waals surface area contributed by atoms with E-state index in [4.69, 9.17) is 11.6 Å². The first kappa shape index (κ1) is 15.8. The molecule has 1 aromatic rings. The van der Waals surface area contributed by atoms with Gasteiger partial charge in [0.2, 0.25) is 10.0 Å². The van der Waals surface area contributed by atoms with E-state index in [2.05, 4.69) is 11.8 Å². The zero-order chi connectivity index (χ0) is 14.8. The molecule has 1 saturated heterocycles. The molecule has 0 aromatic heterocycles. The molecule has 1 unspecified atom stereocenters. The van der Waals surface area contributed by atoms with E-state index in [1.807, 2.05) is 31.3 Å². The van der Waals surface area contributed by atoms with Crippen LogP contribution < -0.4 is 0 Å². The minimum atomic E-state index is -3.25. The Labute approximate surface area is 126 Å². The molecule has 0 bridgehead atoms. The van der Waals surface area contributed by atoms with Crippen molar-refractivity contribution < 1.29 is 8.42 Å².